The molecule has 1 aromatic rings. The monoisotopic (exact) mass is 267 g/mol. The Morgan fingerprint density at radius 3 is 2.39 bits per heavy atom. The van der Waals surface area contributed by atoms with E-state index in [4.69, 9.17) is 26.8 Å². The van der Waals surface area contributed by atoms with Crippen LogP contribution < -0.4 is 15.2 Å². The number of benzene rings is 1. The molecular weight excluding hydrogens is 250 g/mol. The largest absolute Gasteiger partial charge is 0.490 e. The Morgan fingerprint density at radius 1 is 1.22 bits per heavy atom. The van der Waals surface area contributed by atoms with Crippen molar-refractivity contribution in [3.63, 3.8) is 0 Å². The van der Waals surface area contributed by atoms with E-state index in [9.17, 15) is 0 Å². The van der Waals surface area contributed by atoms with Crippen molar-refractivity contribution >= 4 is 11.6 Å². The van der Waals surface area contributed by atoms with Crippen LogP contribution in [0.3, 0.4) is 0 Å². The van der Waals surface area contributed by atoms with Crippen molar-refractivity contribution in [1.29, 1.82) is 0 Å². The van der Waals surface area contributed by atoms with Crippen molar-refractivity contribution in [3.05, 3.63) is 22.7 Å². The lowest BCUT2D eigenvalue weighted by molar-refractivity contribution is 0.297. The predicted octanol–water partition coefficient (Wildman–Crippen LogP) is 2.88. The van der Waals surface area contributed by atoms with Crippen molar-refractivity contribution in [3.8, 4) is 11.5 Å². The van der Waals surface area contributed by atoms with Gasteiger partial charge in [0.1, 0.15) is 0 Å². The molecule has 0 amide bonds. The maximum absolute atomic E-state index is 6.39. The second kappa shape index (κ2) is 4.32. The number of halogens is 1. The molecule has 1 aromatic carbocycles. The Kier molecular flexibility index (Phi) is 2.91. The van der Waals surface area contributed by atoms with Gasteiger partial charge in [0.25, 0.3) is 0 Å². The zero-order valence-electron chi connectivity index (χ0n) is 10.5. The Hall–Kier alpha value is -0.930. The highest BCUT2D eigenvalue weighted by atomic mass is 35.5. The van der Waals surface area contributed by atoms with Crippen LogP contribution in [-0.2, 0) is 5.41 Å². The van der Waals surface area contributed by atoms with Crippen LogP contribution in [-0.4, -0.2) is 19.3 Å². The molecule has 4 heteroatoms. The van der Waals surface area contributed by atoms with Crippen LogP contribution in [0, 0.1) is 0 Å². The zero-order valence-corrected chi connectivity index (χ0v) is 11.3. The van der Waals surface area contributed by atoms with Crippen LogP contribution in [0.5, 0.6) is 11.5 Å². The molecule has 1 unspecified atom stereocenters. The molecule has 3 rings (SSSR count). The molecule has 1 fully saturated rings. The van der Waals surface area contributed by atoms with Crippen LogP contribution in [0.15, 0.2) is 12.1 Å². The average molecular weight is 268 g/mol. The van der Waals surface area contributed by atoms with Gasteiger partial charge in [0.15, 0.2) is 11.5 Å². The molecular formula is C14H18ClNO2. The summed E-state index contributed by atoms with van der Waals surface area (Å²) in [4.78, 5) is 0. The minimum Gasteiger partial charge on any atom is -0.490 e. The van der Waals surface area contributed by atoms with E-state index in [1.54, 1.807) is 0 Å². The summed E-state index contributed by atoms with van der Waals surface area (Å²) < 4.78 is 11.4. The van der Waals surface area contributed by atoms with E-state index in [0.717, 1.165) is 41.3 Å². The van der Waals surface area contributed by atoms with Gasteiger partial charge in [0.05, 0.1) is 13.2 Å². The summed E-state index contributed by atoms with van der Waals surface area (Å²) in [6.07, 6.45) is 3.11. The van der Waals surface area contributed by atoms with Crippen molar-refractivity contribution in [2.24, 2.45) is 5.73 Å². The van der Waals surface area contributed by atoms with Crippen LogP contribution in [0.25, 0.3) is 0 Å². The van der Waals surface area contributed by atoms with Gasteiger partial charge in [-0.25, -0.2) is 0 Å². The summed E-state index contributed by atoms with van der Waals surface area (Å²) in [6, 6.07) is 4.01. The minimum absolute atomic E-state index is 0.0434. The van der Waals surface area contributed by atoms with Gasteiger partial charge >= 0.3 is 0 Å². The van der Waals surface area contributed by atoms with E-state index in [1.165, 1.54) is 0 Å². The molecule has 98 valence electrons. The fourth-order valence-electron chi connectivity index (χ4n) is 2.67. The van der Waals surface area contributed by atoms with Crippen LogP contribution in [0.1, 0.15) is 31.7 Å². The summed E-state index contributed by atoms with van der Waals surface area (Å²) in [5.41, 5.74) is 7.27. The summed E-state index contributed by atoms with van der Waals surface area (Å²) in [5, 5.41) is 0.744. The molecule has 0 spiro atoms. The van der Waals surface area contributed by atoms with Gasteiger partial charge in [-0.2, -0.15) is 0 Å². The average Bonchev–Trinajstić information content (AvgIpc) is 3.12. The van der Waals surface area contributed by atoms with Crippen molar-refractivity contribution < 1.29 is 9.47 Å². The summed E-state index contributed by atoms with van der Waals surface area (Å²) in [6.45, 7) is 3.42. The molecule has 0 aromatic heterocycles. The van der Waals surface area contributed by atoms with E-state index in [0.29, 0.717) is 13.2 Å². The van der Waals surface area contributed by atoms with Crippen LogP contribution >= 0.6 is 11.6 Å². The second-order valence-corrected chi connectivity index (χ2v) is 5.68. The van der Waals surface area contributed by atoms with Crippen molar-refractivity contribution in [2.45, 2.75) is 37.6 Å². The van der Waals surface area contributed by atoms with Crippen molar-refractivity contribution in [1.82, 2.24) is 0 Å². The molecule has 1 saturated carbocycles. The van der Waals surface area contributed by atoms with Crippen LogP contribution in [0.2, 0.25) is 5.02 Å². The molecule has 2 N–H and O–H groups in total. The molecule has 1 atom stereocenters. The van der Waals surface area contributed by atoms with Gasteiger partial charge in [0.2, 0.25) is 0 Å². The van der Waals surface area contributed by atoms with Gasteiger partial charge in [-0.15, -0.1) is 0 Å². The molecule has 0 saturated heterocycles. The van der Waals surface area contributed by atoms with Gasteiger partial charge < -0.3 is 15.2 Å². The molecule has 1 aliphatic carbocycles. The molecule has 3 nitrogen and oxygen atoms in total. The Balaban J connectivity index is 2.04. The first-order valence-corrected chi connectivity index (χ1v) is 6.86. The third kappa shape index (κ3) is 1.86. The van der Waals surface area contributed by atoms with Gasteiger partial charge in [0, 0.05) is 29.0 Å². The molecule has 18 heavy (non-hydrogen) atoms. The highest BCUT2D eigenvalue weighted by Gasteiger charge is 2.49. The number of fused-ring (bicyclic) bond motifs is 1. The smallest absolute Gasteiger partial charge is 0.162 e. The lowest BCUT2D eigenvalue weighted by atomic mass is 9.89. The zero-order chi connectivity index (χ0) is 12.8. The molecule has 1 aliphatic heterocycles. The fourth-order valence-corrected chi connectivity index (χ4v) is 3.01. The first-order valence-electron chi connectivity index (χ1n) is 6.49. The topological polar surface area (TPSA) is 44.5 Å². The van der Waals surface area contributed by atoms with Crippen LogP contribution in [0.4, 0.5) is 0 Å². The predicted molar refractivity (Wildman–Crippen MR) is 71.6 cm³/mol. The lowest BCUT2D eigenvalue weighted by Gasteiger charge is -2.22. The van der Waals surface area contributed by atoms with Crippen molar-refractivity contribution in [2.75, 3.05) is 13.2 Å². The number of ether oxygens (including phenoxy) is 2. The summed E-state index contributed by atoms with van der Waals surface area (Å²) in [5.74, 6) is 1.56. The standard InChI is InChI=1S/C14H18ClNO2/c1-9(16)14(3-4-14)10-7-12-13(8-11(10)15)18-6-2-5-17-12/h7-9H,2-6,16H2,1H3. The summed E-state index contributed by atoms with van der Waals surface area (Å²) in [7, 11) is 0. The first kappa shape index (κ1) is 12.1. The van der Waals surface area contributed by atoms with E-state index in [2.05, 4.69) is 0 Å². The van der Waals surface area contributed by atoms with E-state index in [-0.39, 0.29) is 11.5 Å². The summed E-state index contributed by atoms with van der Waals surface area (Å²) >= 11 is 6.39. The molecule has 0 bridgehead atoms. The number of rotatable bonds is 2. The Morgan fingerprint density at radius 2 is 1.83 bits per heavy atom. The SMILES string of the molecule is CC(N)C1(c2cc3c(cc2Cl)OCCCO3)CC1. The third-order valence-corrected chi connectivity index (χ3v) is 4.35. The van der Waals surface area contributed by atoms with Gasteiger partial charge in [-0.1, -0.05) is 11.6 Å². The van der Waals surface area contributed by atoms with E-state index < -0.39 is 0 Å². The molecule has 2 aliphatic rings. The van der Waals surface area contributed by atoms with Gasteiger partial charge in [-0.05, 0) is 31.4 Å². The van der Waals surface area contributed by atoms with E-state index >= 15 is 0 Å². The minimum atomic E-state index is 0.0434. The maximum atomic E-state index is 6.39. The Labute approximate surface area is 112 Å². The molecule has 0 radical (unpaired) electrons. The number of hydrogen-bond donors (Lipinski definition) is 1. The number of hydrogen-bond acceptors (Lipinski definition) is 3. The lowest BCUT2D eigenvalue weighted by Crippen LogP contribution is -2.31. The second-order valence-electron chi connectivity index (χ2n) is 5.27. The highest BCUT2D eigenvalue weighted by molar-refractivity contribution is 6.31. The Bertz CT molecular complexity index is 469. The quantitative estimate of drug-likeness (QED) is 0.896. The third-order valence-electron chi connectivity index (χ3n) is 4.03. The van der Waals surface area contributed by atoms with E-state index in [1.807, 2.05) is 19.1 Å². The number of nitrogens with two attached hydrogens (primary N) is 1. The van der Waals surface area contributed by atoms with Gasteiger partial charge in [-0.3, -0.25) is 0 Å². The molecule has 1 heterocycles. The maximum Gasteiger partial charge on any atom is 0.162 e. The highest BCUT2D eigenvalue weighted by Crippen LogP contribution is 2.54. The fraction of sp³-hybridized carbons (Fsp3) is 0.571. The first-order chi connectivity index (χ1) is 8.63. The normalized spacial score (nSPS) is 22.2.